The average Bonchev–Trinajstić information content (AvgIpc) is 2.87. The van der Waals surface area contributed by atoms with E-state index < -0.39 is 0 Å². The first-order chi connectivity index (χ1) is 15.0. The maximum Gasteiger partial charge on any atom is 0.227 e. The number of hydrogen-bond donors (Lipinski definition) is 2. The van der Waals surface area contributed by atoms with E-state index in [0.717, 1.165) is 59.2 Å². The van der Waals surface area contributed by atoms with Crippen LogP contribution in [0.3, 0.4) is 0 Å². The number of fused-ring (bicyclic) bond motifs is 3. The number of aliphatic imine (C=N–C) groups is 1. The van der Waals surface area contributed by atoms with Crippen molar-refractivity contribution < 1.29 is 0 Å². The van der Waals surface area contributed by atoms with E-state index in [1.54, 1.807) is 6.20 Å². The highest BCUT2D eigenvalue weighted by molar-refractivity contribution is 6.31. The summed E-state index contributed by atoms with van der Waals surface area (Å²) in [6, 6.07) is 9.63. The fourth-order valence-corrected chi connectivity index (χ4v) is 3.63. The highest BCUT2D eigenvalue weighted by Crippen LogP contribution is 2.36. The minimum Gasteiger partial charge on any atom is -0.370 e. The molecule has 3 heterocycles. The molecule has 0 aliphatic carbocycles. The van der Waals surface area contributed by atoms with Crippen molar-refractivity contribution in [1.29, 1.82) is 0 Å². The van der Waals surface area contributed by atoms with Gasteiger partial charge in [-0.25, -0.2) is 15.0 Å². The number of nitrogens with one attached hydrogen (secondary N) is 2. The molecular formula is C23H26ClN7. The molecule has 1 aliphatic heterocycles. The zero-order valence-electron chi connectivity index (χ0n) is 18.0. The quantitative estimate of drug-likeness (QED) is 0.511. The third kappa shape index (κ3) is 5.37. The van der Waals surface area contributed by atoms with Crippen molar-refractivity contribution in [3.05, 3.63) is 53.3 Å². The van der Waals surface area contributed by atoms with Crippen LogP contribution in [0, 0.1) is 0 Å². The first-order valence-electron chi connectivity index (χ1n) is 10.3. The number of aromatic nitrogens is 3. The third-order valence-corrected chi connectivity index (χ3v) is 5.18. The molecule has 0 unspecified atom stereocenters. The Balaban J connectivity index is 1.50. The van der Waals surface area contributed by atoms with Crippen LogP contribution in [-0.4, -0.2) is 52.7 Å². The second kappa shape index (κ2) is 9.41. The van der Waals surface area contributed by atoms with Gasteiger partial charge in [-0.3, -0.25) is 4.99 Å². The Morgan fingerprint density at radius 3 is 2.74 bits per heavy atom. The number of rotatable bonds is 7. The lowest BCUT2D eigenvalue weighted by Gasteiger charge is -2.12. The highest BCUT2D eigenvalue weighted by atomic mass is 35.5. The van der Waals surface area contributed by atoms with Crippen LogP contribution in [-0.2, 0) is 6.42 Å². The summed E-state index contributed by atoms with van der Waals surface area (Å²) in [5, 5.41) is 7.25. The molecule has 7 nitrogen and oxygen atoms in total. The second-order valence-corrected chi connectivity index (χ2v) is 8.33. The molecule has 0 fully saturated rings. The van der Waals surface area contributed by atoms with Crippen LogP contribution in [0.15, 0.2) is 47.7 Å². The SMILES string of the molecule is CC1=Nc2cc(Cl)ccc2-c2nc(Nc3ccc(NCCCN(C)C)nc3)ncc2C1. The van der Waals surface area contributed by atoms with Crippen LogP contribution >= 0.6 is 11.6 Å². The van der Waals surface area contributed by atoms with Gasteiger partial charge in [0.2, 0.25) is 5.95 Å². The fourth-order valence-electron chi connectivity index (χ4n) is 3.46. The Morgan fingerprint density at radius 2 is 1.97 bits per heavy atom. The van der Waals surface area contributed by atoms with Gasteiger partial charge in [-0.15, -0.1) is 0 Å². The maximum absolute atomic E-state index is 6.18. The van der Waals surface area contributed by atoms with Crippen molar-refractivity contribution in [3.8, 4) is 11.3 Å². The Labute approximate surface area is 187 Å². The summed E-state index contributed by atoms with van der Waals surface area (Å²) < 4.78 is 0. The minimum absolute atomic E-state index is 0.521. The number of hydrogen-bond acceptors (Lipinski definition) is 7. The van der Waals surface area contributed by atoms with E-state index in [-0.39, 0.29) is 0 Å². The van der Waals surface area contributed by atoms with Crippen LogP contribution in [0.2, 0.25) is 5.02 Å². The largest absolute Gasteiger partial charge is 0.370 e. The second-order valence-electron chi connectivity index (χ2n) is 7.89. The molecule has 0 saturated carbocycles. The van der Waals surface area contributed by atoms with Gasteiger partial charge in [-0.2, -0.15) is 0 Å². The normalized spacial score (nSPS) is 12.6. The molecular weight excluding hydrogens is 410 g/mol. The lowest BCUT2D eigenvalue weighted by molar-refractivity contribution is 0.405. The van der Waals surface area contributed by atoms with Gasteiger partial charge in [0.15, 0.2) is 0 Å². The molecule has 31 heavy (non-hydrogen) atoms. The molecule has 0 radical (unpaired) electrons. The topological polar surface area (TPSA) is 78.3 Å². The van der Waals surface area contributed by atoms with E-state index in [1.807, 2.05) is 43.5 Å². The van der Waals surface area contributed by atoms with Gasteiger partial charge in [-0.1, -0.05) is 11.6 Å². The van der Waals surface area contributed by atoms with E-state index in [9.17, 15) is 0 Å². The van der Waals surface area contributed by atoms with E-state index in [0.29, 0.717) is 17.4 Å². The summed E-state index contributed by atoms with van der Waals surface area (Å²) in [5.41, 5.74) is 5.54. The van der Waals surface area contributed by atoms with Crippen LogP contribution in [0.1, 0.15) is 18.9 Å². The summed E-state index contributed by atoms with van der Waals surface area (Å²) in [6.07, 6.45) is 5.41. The van der Waals surface area contributed by atoms with Crippen LogP contribution in [0.25, 0.3) is 11.3 Å². The number of halogens is 1. The Kier molecular flexibility index (Phi) is 6.44. The van der Waals surface area contributed by atoms with E-state index in [2.05, 4.69) is 39.6 Å². The summed E-state index contributed by atoms with van der Waals surface area (Å²) in [4.78, 5) is 20.6. The Morgan fingerprint density at radius 1 is 1.10 bits per heavy atom. The molecule has 1 aromatic carbocycles. The molecule has 2 aromatic heterocycles. The van der Waals surface area contributed by atoms with Crippen molar-refractivity contribution >= 4 is 40.5 Å². The van der Waals surface area contributed by atoms with E-state index >= 15 is 0 Å². The number of pyridine rings is 1. The number of benzene rings is 1. The van der Waals surface area contributed by atoms with Crippen LogP contribution in [0.4, 0.5) is 23.1 Å². The molecule has 2 N–H and O–H groups in total. The molecule has 4 rings (SSSR count). The van der Waals surface area contributed by atoms with Crippen molar-refractivity contribution in [1.82, 2.24) is 19.9 Å². The maximum atomic E-state index is 6.18. The van der Waals surface area contributed by atoms with Gasteiger partial charge in [0.1, 0.15) is 5.82 Å². The first kappa shape index (κ1) is 21.2. The molecule has 1 aliphatic rings. The van der Waals surface area contributed by atoms with Gasteiger partial charge in [-0.05, 0) is 64.3 Å². The van der Waals surface area contributed by atoms with Gasteiger partial charge in [0, 0.05) is 41.0 Å². The molecule has 0 atom stereocenters. The summed E-state index contributed by atoms with van der Waals surface area (Å²) >= 11 is 6.18. The molecule has 0 saturated heterocycles. The molecule has 0 amide bonds. The van der Waals surface area contributed by atoms with Gasteiger partial charge >= 0.3 is 0 Å². The number of anilines is 3. The summed E-state index contributed by atoms with van der Waals surface area (Å²) in [7, 11) is 4.15. The monoisotopic (exact) mass is 435 g/mol. The van der Waals surface area contributed by atoms with Gasteiger partial charge < -0.3 is 15.5 Å². The molecule has 8 heteroatoms. The van der Waals surface area contributed by atoms with Gasteiger partial charge in [0.25, 0.3) is 0 Å². The van der Waals surface area contributed by atoms with Crippen molar-refractivity contribution in [2.45, 2.75) is 19.8 Å². The summed E-state index contributed by atoms with van der Waals surface area (Å²) in [5.74, 6) is 1.37. The fraction of sp³-hybridized carbons (Fsp3) is 0.304. The zero-order valence-corrected chi connectivity index (χ0v) is 18.7. The lowest BCUT2D eigenvalue weighted by atomic mass is 10.0. The van der Waals surface area contributed by atoms with E-state index in [4.69, 9.17) is 21.6 Å². The lowest BCUT2D eigenvalue weighted by Crippen LogP contribution is -2.16. The number of nitrogens with zero attached hydrogens (tertiary/aromatic N) is 5. The molecule has 0 spiro atoms. The molecule has 160 valence electrons. The smallest absolute Gasteiger partial charge is 0.227 e. The predicted molar refractivity (Wildman–Crippen MR) is 128 cm³/mol. The minimum atomic E-state index is 0.521. The Hall–Kier alpha value is -3.03. The van der Waals surface area contributed by atoms with Crippen molar-refractivity contribution in [2.24, 2.45) is 4.99 Å². The zero-order chi connectivity index (χ0) is 21.8. The highest BCUT2D eigenvalue weighted by Gasteiger charge is 2.18. The van der Waals surface area contributed by atoms with Gasteiger partial charge in [0.05, 0.1) is 23.3 Å². The first-order valence-corrected chi connectivity index (χ1v) is 10.7. The van der Waals surface area contributed by atoms with Crippen LogP contribution in [0.5, 0.6) is 0 Å². The molecule has 3 aromatic rings. The van der Waals surface area contributed by atoms with Crippen molar-refractivity contribution in [2.75, 3.05) is 37.8 Å². The Bertz CT molecular complexity index is 1090. The van der Waals surface area contributed by atoms with Crippen LogP contribution < -0.4 is 10.6 Å². The average molecular weight is 436 g/mol. The van der Waals surface area contributed by atoms with E-state index in [1.165, 1.54) is 0 Å². The third-order valence-electron chi connectivity index (χ3n) is 4.94. The van der Waals surface area contributed by atoms with Crippen molar-refractivity contribution in [3.63, 3.8) is 0 Å². The molecule has 0 bridgehead atoms. The standard InChI is InChI=1S/C23H26ClN7/c1-15-11-16-13-27-23(30-22(16)19-7-5-17(24)12-20(19)28-15)29-18-6-8-21(26-14-18)25-9-4-10-31(2)3/h5-8,12-14H,4,9-11H2,1-3H3,(H,25,26)(H,27,29,30). The summed E-state index contributed by atoms with van der Waals surface area (Å²) in [6.45, 7) is 3.94. The predicted octanol–water partition coefficient (Wildman–Crippen LogP) is 4.95.